The van der Waals surface area contributed by atoms with Gasteiger partial charge in [-0.2, -0.15) is 0 Å². The van der Waals surface area contributed by atoms with Crippen molar-refractivity contribution in [2.75, 3.05) is 13.7 Å². The van der Waals surface area contributed by atoms with Crippen LogP contribution in [0, 0.1) is 35.6 Å². The minimum Gasteiger partial charge on any atom is -0.400 e. The number of hydrogen-bond donors (Lipinski definition) is 2. The second-order valence-electron chi connectivity index (χ2n) is 0.316. The summed E-state index contributed by atoms with van der Waals surface area (Å²) in [6.07, 6.45) is 0. The normalized spacial score (nSPS) is 4.00. The molecule has 0 unspecified atom stereocenters. The number of rotatable bonds is 0. The van der Waals surface area contributed by atoms with Gasteiger partial charge >= 0.3 is 0 Å². The van der Waals surface area contributed by atoms with E-state index in [2.05, 4.69) is 0 Å². The minimum absolute atomic E-state index is 0. The van der Waals surface area contributed by atoms with Crippen molar-refractivity contribution in [3.05, 3.63) is 0 Å². The van der Waals surface area contributed by atoms with Gasteiger partial charge in [0.05, 0.1) is 0 Å². The van der Waals surface area contributed by atoms with Crippen LogP contribution in [0.5, 0.6) is 0 Å². The second kappa shape index (κ2) is 35.8. The Kier molecular flexibility index (Phi) is 93.7. The first-order valence-corrected chi connectivity index (χ1v) is 1.47. The fourth-order valence-electron chi connectivity index (χ4n) is 0. The quantitative estimate of drug-likeness (QED) is 0.580. The molecule has 2 N–H and O–H groups in total. The molecule has 37 valence electrons. The molecule has 0 aromatic heterocycles. The average Bonchev–Trinajstić information content (AvgIpc) is 1.46. The molecule has 0 aliphatic carbocycles. The van der Waals surface area contributed by atoms with E-state index >= 15 is 0 Å². The molecule has 0 aromatic rings. The molecule has 0 heterocycles. The van der Waals surface area contributed by atoms with Gasteiger partial charge in [0.1, 0.15) is 0 Å². The van der Waals surface area contributed by atoms with Crippen LogP contribution < -0.4 is 0 Å². The topological polar surface area (TPSA) is 40.5 Å². The van der Waals surface area contributed by atoms with Crippen molar-refractivity contribution in [3.63, 3.8) is 0 Å². The average molecular weight is 217 g/mol. The SMILES string of the molecule is CCO.CO.[La]. The first-order chi connectivity index (χ1) is 2.41. The summed E-state index contributed by atoms with van der Waals surface area (Å²) in [6, 6.07) is 0. The van der Waals surface area contributed by atoms with Gasteiger partial charge in [-0.3, -0.25) is 0 Å². The molecule has 6 heavy (non-hydrogen) atoms. The van der Waals surface area contributed by atoms with Crippen molar-refractivity contribution in [1.29, 1.82) is 0 Å². The summed E-state index contributed by atoms with van der Waals surface area (Å²) < 4.78 is 0. The smallest absolute Gasteiger partial charge is 0.0402 e. The molecule has 0 bridgehead atoms. The summed E-state index contributed by atoms with van der Waals surface area (Å²) in [5.41, 5.74) is 0. The fraction of sp³-hybridized carbons (Fsp3) is 1.00. The molecule has 0 aliphatic heterocycles. The van der Waals surface area contributed by atoms with E-state index in [-0.39, 0.29) is 42.2 Å². The molecule has 0 atom stereocenters. The van der Waals surface area contributed by atoms with Crippen molar-refractivity contribution < 1.29 is 45.8 Å². The Morgan fingerprint density at radius 1 is 1.33 bits per heavy atom. The maximum Gasteiger partial charge on any atom is 0.0402 e. The molecule has 0 aromatic carbocycles. The molecule has 0 fully saturated rings. The van der Waals surface area contributed by atoms with Gasteiger partial charge in [-0.15, -0.1) is 0 Å². The molecule has 0 rings (SSSR count). The molecule has 0 aliphatic rings. The number of aliphatic hydroxyl groups excluding tert-OH is 2. The van der Waals surface area contributed by atoms with Crippen LogP contribution in [-0.2, 0) is 0 Å². The van der Waals surface area contributed by atoms with Gasteiger partial charge in [-0.05, 0) is 6.92 Å². The van der Waals surface area contributed by atoms with Crippen LogP contribution in [0.3, 0.4) is 0 Å². The molecule has 0 spiro atoms. The Morgan fingerprint density at radius 3 is 1.33 bits per heavy atom. The Labute approximate surface area is 66.2 Å². The molecular weight excluding hydrogens is 207 g/mol. The van der Waals surface area contributed by atoms with Crippen LogP contribution in [0.1, 0.15) is 6.92 Å². The third-order valence-corrected chi connectivity index (χ3v) is 0. The summed E-state index contributed by atoms with van der Waals surface area (Å²) in [7, 11) is 1.00. The van der Waals surface area contributed by atoms with E-state index < -0.39 is 0 Å². The Bertz CT molecular complexity index is 8.75. The first kappa shape index (κ1) is 15.7. The van der Waals surface area contributed by atoms with E-state index in [0.717, 1.165) is 7.11 Å². The summed E-state index contributed by atoms with van der Waals surface area (Å²) in [6.45, 7) is 1.93. The maximum atomic E-state index is 7.57. The molecule has 0 saturated carbocycles. The standard InChI is InChI=1S/C2H6O.CH4O.La/c1-2-3;1-2;/h3H,2H2,1H3;2H,1H3;. The Morgan fingerprint density at radius 2 is 1.33 bits per heavy atom. The zero-order valence-corrected chi connectivity index (χ0v) is 7.80. The molecular formula is C3H10LaO2. The summed E-state index contributed by atoms with van der Waals surface area (Å²) in [5.74, 6) is 0. The van der Waals surface area contributed by atoms with Gasteiger partial charge < -0.3 is 10.2 Å². The van der Waals surface area contributed by atoms with E-state index in [0.29, 0.717) is 0 Å². The predicted molar refractivity (Wildman–Crippen MR) is 20.9 cm³/mol. The summed E-state index contributed by atoms with van der Waals surface area (Å²) in [4.78, 5) is 0. The predicted octanol–water partition coefficient (Wildman–Crippen LogP) is -0.393. The van der Waals surface area contributed by atoms with Gasteiger partial charge in [0, 0.05) is 49.3 Å². The van der Waals surface area contributed by atoms with E-state index in [4.69, 9.17) is 10.2 Å². The maximum absolute atomic E-state index is 7.57. The van der Waals surface area contributed by atoms with Gasteiger partial charge in [0.2, 0.25) is 0 Å². The van der Waals surface area contributed by atoms with Crippen molar-refractivity contribution in [3.8, 4) is 0 Å². The van der Waals surface area contributed by atoms with Crippen LogP contribution in [0.2, 0.25) is 0 Å². The van der Waals surface area contributed by atoms with Crippen LogP contribution in [0.25, 0.3) is 0 Å². The van der Waals surface area contributed by atoms with E-state index in [1.54, 1.807) is 6.92 Å². The molecule has 2 nitrogen and oxygen atoms in total. The molecule has 0 saturated heterocycles. The van der Waals surface area contributed by atoms with Gasteiger partial charge in [-0.1, -0.05) is 0 Å². The van der Waals surface area contributed by atoms with E-state index in [9.17, 15) is 0 Å². The number of aliphatic hydroxyl groups is 2. The monoisotopic (exact) mass is 217 g/mol. The molecule has 1 radical (unpaired) electrons. The Hall–Kier alpha value is 1.11. The third-order valence-electron chi connectivity index (χ3n) is 0. The zero-order chi connectivity index (χ0) is 4.71. The van der Waals surface area contributed by atoms with E-state index in [1.165, 1.54) is 0 Å². The van der Waals surface area contributed by atoms with Gasteiger partial charge in [0.25, 0.3) is 0 Å². The van der Waals surface area contributed by atoms with Crippen LogP contribution in [-0.4, -0.2) is 23.9 Å². The largest absolute Gasteiger partial charge is 0.400 e. The molecule has 3 heteroatoms. The number of hydrogen-bond acceptors (Lipinski definition) is 2. The Balaban J connectivity index is -0.0000000275. The van der Waals surface area contributed by atoms with E-state index in [1.807, 2.05) is 0 Å². The van der Waals surface area contributed by atoms with Crippen molar-refractivity contribution >= 4 is 0 Å². The molecule has 0 amide bonds. The van der Waals surface area contributed by atoms with Gasteiger partial charge in [-0.25, -0.2) is 0 Å². The van der Waals surface area contributed by atoms with Crippen molar-refractivity contribution in [2.45, 2.75) is 6.92 Å². The minimum atomic E-state index is 0. The van der Waals surface area contributed by atoms with Crippen LogP contribution in [0.15, 0.2) is 0 Å². The van der Waals surface area contributed by atoms with Crippen LogP contribution >= 0.6 is 0 Å². The summed E-state index contributed by atoms with van der Waals surface area (Å²) >= 11 is 0. The van der Waals surface area contributed by atoms with Crippen molar-refractivity contribution in [1.82, 2.24) is 0 Å². The second-order valence-corrected chi connectivity index (χ2v) is 0.316. The van der Waals surface area contributed by atoms with Crippen molar-refractivity contribution in [2.24, 2.45) is 0 Å². The summed E-state index contributed by atoms with van der Waals surface area (Å²) in [5, 5.41) is 14.6. The zero-order valence-electron chi connectivity index (χ0n) is 4.18. The fourth-order valence-corrected chi connectivity index (χ4v) is 0. The third kappa shape index (κ3) is 69.7. The van der Waals surface area contributed by atoms with Gasteiger partial charge in [0.15, 0.2) is 0 Å². The first-order valence-electron chi connectivity index (χ1n) is 1.47. The van der Waals surface area contributed by atoms with Crippen LogP contribution in [0.4, 0.5) is 0 Å².